The summed E-state index contributed by atoms with van der Waals surface area (Å²) >= 11 is 0. The average Bonchev–Trinajstić information content (AvgIpc) is 3.25. The zero-order chi connectivity index (χ0) is 17.1. The largest absolute Gasteiger partial charge is 0.248 e. The van der Waals surface area contributed by atoms with Crippen LogP contribution in [0.2, 0.25) is 0 Å². The summed E-state index contributed by atoms with van der Waals surface area (Å²) in [5.74, 6) is 0. The highest BCUT2D eigenvalue weighted by molar-refractivity contribution is 5.83. The second-order valence-electron chi connectivity index (χ2n) is 6.86. The van der Waals surface area contributed by atoms with E-state index in [4.69, 9.17) is 4.99 Å². The second kappa shape index (κ2) is 5.03. The third-order valence-corrected chi connectivity index (χ3v) is 5.40. The lowest BCUT2D eigenvalue weighted by atomic mass is 10.0. The molecule has 1 heteroatoms. The summed E-state index contributed by atoms with van der Waals surface area (Å²) in [6.45, 7) is 0. The van der Waals surface area contributed by atoms with E-state index in [1.165, 1.54) is 43.5 Å². The van der Waals surface area contributed by atoms with E-state index in [1.54, 1.807) is 0 Å². The van der Waals surface area contributed by atoms with Crippen LogP contribution < -0.4 is 10.6 Å². The van der Waals surface area contributed by atoms with Gasteiger partial charge in [0.15, 0.2) is 0 Å². The Morgan fingerprint density at radius 3 is 2.35 bits per heavy atom. The molecular formula is C25H15N. The highest BCUT2D eigenvalue weighted by Crippen LogP contribution is 2.32. The molecule has 1 heterocycles. The van der Waals surface area contributed by atoms with Crippen molar-refractivity contribution in [3.8, 4) is 22.3 Å². The third kappa shape index (κ3) is 1.83. The van der Waals surface area contributed by atoms with Crippen LogP contribution >= 0.6 is 0 Å². The minimum atomic E-state index is 1.06. The first-order chi connectivity index (χ1) is 12.9. The molecule has 1 aliphatic carbocycles. The van der Waals surface area contributed by atoms with Gasteiger partial charge in [-0.1, -0.05) is 66.7 Å². The van der Waals surface area contributed by atoms with Crippen LogP contribution in [0.1, 0.15) is 5.56 Å². The first-order valence-corrected chi connectivity index (χ1v) is 8.91. The van der Waals surface area contributed by atoms with E-state index in [2.05, 4.69) is 84.9 Å². The lowest BCUT2D eigenvalue weighted by Gasteiger charge is -2.01. The Morgan fingerprint density at radius 2 is 1.38 bits per heavy atom. The SMILES string of the molecule is C1=c2c(cccc2=c2ccc3c(c2)-c2ccccc2N=3)-c2ccccc21. The Kier molecular flexibility index (Phi) is 2.67. The van der Waals surface area contributed by atoms with Crippen LogP contribution in [-0.4, -0.2) is 0 Å². The molecule has 0 atom stereocenters. The quantitative estimate of drug-likeness (QED) is 0.382. The predicted octanol–water partition coefficient (Wildman–Crippen LogP) is 4.71. The third-order valence-electron chi connectivity index (χ3n) is 5.40. The van der Waals surface area contributed by atoms with Crippen LogP contribution in [0.25, 0.3) is 28.3 Å². The fourth-order valence-electron chi connectivity index (χ4n) is 4.18. The average molecular weight is 329 g/mol. The van der Waals surface area contributed by atoms with E-state index in [0.29, 0.717) is 0 Å². The van der Waals surface area contributed by atoms with Gasteiger partial charge in [0.1, 0.15) is 0 Å². The molecule has 0 spiro atoms. The van der Waals surface area contributed by atoms with E-state index in [0.717, 1.165) is 11.0 Å². The Hall–Kier alpha value is -3.45. The number of fused-ring (bicyclic) bond motifs is 6. The number of benzene rings is 4. The minimum absolute atomic E-state index is 1.06. The Labute approximate surface area is 150 Å². The van der Waals surface area contributed by atoms with E-state index in [9.17, 15) is 0 Å². The van der Waals surface area contributed by atoms with Crippen LogP contribution in [-0.2, 0) is 0 Å². The van der Waals surface area contributed by atoms with Gasteiger partial charge in [0.25, 0.3) is 0 Å². The van der Waals surface area contributed by atoms with Crippen LogP contribution in [0.5, 0.6) is 0 Å². The zero-order valence-electron chi connectivity index (χ0n) is 14.1. The van der Waals surface area contributed by atoms with E-state index < -0.39 is 0 Å². The number of para-hydroxylation sites is 1. The van der Waals surface area contributed by atoms with Gasteiger partial charge in [-0.05, 0) is 56.6 Å². The first-order valence-electron chi connectivity index (χ1n) is 8.91. The Morgan fingerprint density at radius 1 is 0.577 bits per heavy atom. The molecule has 4 aromatic rings. The molecule has 4 aromatic carbocycles. The molecule has 0 N–H and O–H groups in total. The normalized spacial score (nSPS) is 13.8. The topological polar surface area (TPSA) is 12.4 Å². The fourth-order valence-corrected chi connectivity index (χ4v) is 4.18. The molecule has 1 nitrogen and oxygen atoms in total. The van der Waals surface area contributed by atoms with E-state index >= 15 is 0 Å². The molecule has 0 radical (unpaired) electrons. The van der Waals surface area contributed by atoms with Crippen molar-refractivity contribution in [2.45, 2.75) is 0 Å². The molecule has 0 fully saturated rings. The number of hydrogen-bond acceptors (Lipinski definition) is 1. The van der Waals surface area contributed by atoms with Crippen molar-refractivity contribution in [3.63, 3.8) is 0 Å². The van der Waals surface area contributed by atoms with Gasteiger partial charge in [0.05, 0.1) is 11.0 Å². The number of rotatable bonds is 0. The fraction of sp³-hybridized carbons (Fsp3) is 0. The molecule has 1 aliphatic heterocycles. The van der Waals surface area contributed by atoms with E-state index in [-0.39, 0.29) is 0 Å². The molecule has 120 valence electrons. The summed E-state index contributed by atoms with van der Waals surface area (Å²) in [5, 5.41) is 4.91. The van der Waals surface area contributed by atoms with Gasteiger partial charge in [-0.2, -0.15) is 0 Å². The van der Waals surface area contributed by atoms with Crippen molar-refractivity contribution in [2.75, 3.05) is 0 Å². The van der Waals surface area contributed by atoms with Gasteiger partial charge < -0.3 is 0 Å². The van der Waals surface area contributed by atoms with Crippen molar-refractivity contribution < 1.29 is 0 Å². The standard InChI is InChI=1S/C25H15N/c1-2-7-18-16(6-1)14-22-19(9-5-10-20(18)22)17-12-13-25-23(15-17)21-8-3-4-11-24(21)26-25/h1-15H. The molecule has 0 saturated heterocycles. The van der Waals surface area contributed by atoms with Gasteiger partial charge in [-0.25, -0.2) is 4.99 Å². The van der Waals surface area contributed by atoms with Crippen LogP contribution in [0.3, 0.4) is 0 Å². The Balaban J connectivity index is 1.73. The van der Waals surface area contributed by atoms with Crippen molar-refractivity contribution in [2.24, 2.45) is 4.99 Å². The van der Waals surface area contributed by atoms with Crippen molar-refractivity contribution in [1.82, 2.24) is 0 Å². The summed E-state index contributed by atoms with van der Waals surface area (Å²) in [5.41, 5.74) is 7.47. The molecule has 26 heavy (non-hydrogen) atoms. The highest BCUT2D eigenvalue weighted by Gasteiger charge is 2.14. The first kappa shape index (κ1) is 13.8. The van der Waals surface area contributed by atoms with Crippen LogP contribution in [0, 0.1) is 10.4 Å². The Bertz CT molecular complexity index is 1430. The highest BCUT2D eigenvalue weighted by atomic mass is 14.8. The van der Waals surface area contributed by atoms with Crippen LogP contribution in [0.4, 0.5) is 5.69 Å². The van der Waals surface area contributed by atoms with Gasteiger partial charge >= 0.3 is 0 Å². The minimum Gasteiger partial charge on any atom is -0.248 e. The predicted molar refractivity (Wildman–Crippen MR) is 105 cm³/mol. The van der Waals surface area contributed by atoms with Crippen molar-refractivity contribution in [3.05, 3.63) is 112 Å². The number of nitrogens with zero attached hydrogens (tertiary/aromatic N) is 1. The summed E-state index contributed by atoms with van der Waals surface area (Å²) in [7, 11) is 0. The summed E-state index contributed by atoms with van der Waals surface area (Å²) in [6, 6.07) is 30.2. The molecule has 0 bridgehead atoms. The second-order valence-corrected chi connectivity index (χ2v) is 6.86. The summed E-state index contributed by atoms with van der Waals surface area (Å²) < 4.78 is 0. The lowest BCUT2D eigenvalue weighted by molar-refractivity contribution is 1.38. The molecule has 0 saturated carbocycles. The molecular weight excluding hydrogens is 314 g/mol. The maximum atomic E-state index is 4.75. The van der Waals surface area contributed by atoms with Gasteiger partial charge in [0.2, 0.25) is 0 Å². The monoisotopic (exact) mass is 329 g/mol. The smallest absolute Gasteiger partial charge is 0.0716 e. The molecule has 2 aliphatic rings. The molecule has 6 rings (SSSR count). The number of hydrogen-bond donors (Lipinski definition) is 0. The maximum absolute atomic E-state index is 4.75. The zero-order valence-corrected chi connectivity index (χ0v) is 14.1. The molecule has 0 unspecified atom stereocenters. The van der Waals surface area contributed by atoms with E-state index in [1.807, 2.05) is 6.07 Å². The molecule has 0 aromatic heterocycles. The molecule has 0 amide bonds. The van der Waals surface area contributed by atoms with Crippen molar-refractivity contribution in [1.29, 1.82) is 0 Å². The van der Waals surface area contributed by atoms with Crippen molar-refractivity contribution >= 4 is 11.8 Å². The van der Waals surface area contributed by atoms with Gasteiger partial charge in [-0.15, -0.1) is 0 Å². The van der Waals surface area contributed by atoms with Gasteiger partial charge in [0, 0.05) is 11.1 Å². The summed E-state index contributed by atoms with van der Waals surface area (Å²) in [6.07, 6.45) is 2.31. The van der Waals surface area contributed by atoms with Gasteiger partial charge in [-0.3, -0.25) is 0 Å². The summed E-state index contributed by atoms with van der Waals surface area (Å²) in [4.78, 5) is 4.75. The lowest BCUT2D eigenvalue weighted by Crippen LogP contribution is -2.05. The van der Waals surface area contributed by atoms with Crippen LogP contribution in [0.15, 0.2) is 89.9 Å². The maximum Gasteiger partial charge on any atom is 0.0716 e.